The van der Waals surface area contributed by atoms with Crippen LogP contribution in [0.25, 0.3) is 0 Å². The van der Waals surface area contributed by atoms with Crippen molar-refractivity contribution in [2.24, 2.45) is 0 Å². The van der Waals surface area contributed by atoms with Crippen LogP contribution >= 0.6 is 0 Å². The second-order valence-electron chi connectivity index (χ2n) is 6.35. The van der Waals surface area contributed by atoms with E-state index in [2.05, 4.69) is 23.0 Å². The summed E-state index contributed by atoms with van der Waals surface area (Å²) in [5, 5.41) is 0. The zero-order valence-corrected chi connectivity index (χ0v) is 13.2. The van der Waals surface area contributed by atoms with Crippen LogP contribution in [0, 0.1) is 0 Å². The van der Waals surface area contributed by atoms with Crippen LogP contribution in [0.15, 0.2) is 18.2 Å². The second kappa shape index (κ2) is 6.35. The highest BCUT2D eigenvalue weighted by Gasteiger charge is 2.21. The van der Waals surface area contributed by atoms with Crippen LogP contribution < -0.4 is 15.6 Å². The van der Waals surface area contributed by atoms with Crippen LogP contribution in [0.5, 0.6) is 5.75 Å². The monoisotopic (exact) mass is 292 g/mol. The van der Waals surface area contributed by atoms with Crippen molar-refractivity contribution in [3.63, 3.8) is 0 Å². The van der Waals surface area contributed by atoms with Crippen LogP contribution in [0.1, 0.15) is 38.3 Å². The minimum absolute atomic E-state index is 0.206. The normalized spacial score (nSPS) is 17.8. The number of ether oxygens (including phenoxy) is 2. The lowest BCUT2D eigenvalue weighted by Gasteiger charge is -2.27. The summed E-state index contributed by atoms with van der Waals surface area (Å²) in [4.78, 5) is 11.6. The van der Waals surface area contributed by atoms with Crippen molar-refractivity contribution in [1.29, 1.82) is 0 Å². The summed E-state index contributed by atoms with van der Waals surface area (Å²) in [6.07, 6.45) is 2.39. The van der Waals surface area contributed by atoms with Crippen molar-refractivity contribution >= 4 is 6.09 Å². The molecule has 1 aromatic carbocycles. The SMILES string of the molecule is COc1ccc2c(c1)CC(NNC(=O)OC(C)(C)C)CC2. The summed E-state index contributed by atoms with van der Waals surface area (Å²) in [5.41, 5.74) is 7.82. The molecule has 1 amide bonds. The van der Waals surface area contributed by atoms with Gasteiger partial charge in [-0.3, -0.25) is 5.43 Å². The number of aryl methyl sites for hydroxylation is 1. The van der Waals surface area contributed by atoms with E-state index in [1.54, 1.807) is 7.11 Å². The van der Waals surface area contributed by atoms with E-state index in [0.717, 1.165) is 25.0 Å². The molecular formula is C16H24N2O3. The van der Waals surface area contributed by atoms with E-state index >= 15 is 0 Å². The van der Waals surface area contributed by atoms with Gasteiger partial charge >= 0.3 is 6.09 Å². The van der Waals surface area contributed by atoms with Crippen LogP contribution in [-0.2, 0) is 17.6 Å². The number of benzene rings is 1. The van der Waals surface area contributed by atoms with Crippen molar-refractivity contribution in [2.75, 3.05) is 7.11 Å². The molecule has 5 nitrogen and oxygen atoms in total. The maximum atomic E-state index is 11.6. The minimum Gasteiger partial charge on any atom is -0.497 e. The van der Waals surface area contributed by atoms with Crippen molar-refractivity contribution in [2.45, 2.75) is 51.7 Å². The number of rotatable bonds is 3. The topological polar surface area (TPSA) is 59.6 Å². The quantitative estimate of drug-likeness (QED) is 0.841. The van der Waals surface area contributed by atoms with Gasteiger partial charge in [-0.05, 0) is 63.3 Å². The first kappa shape index (κ1) is 15.6. The molecule has 0 aliphatic heterocycles. The summed E-state index contributed by atoms with van der Waals surface area (Å²) >= 11 is 0. The lowest BCUT2D eigenvalue weighted by molar-refractivity contribution is 0.0486. The highest BCUT2D eigenvalue weighted by atomic mass is 16.6. The molecule has 1 atom stereocenters. The van der Waals surface area contributed by atoms with Gasteiger partial charge in [-0.2, -0.15) is 0 Å². The van der Waals surface area contributed by atoms with Gasteiger partial charge in [0.25, 0.3) is 0 Å². The van der Waals surface area contributed by atoms with Gasteiger partial charge in [0, 0.05) is 6.04 Å². The number of carbonyl (C=O) groups excluding carboxylic acids is 1. The first-order valence-electron chi connectivity index (χ1n) is 7.28. The number of fused-ring (bicyclic) bond motifs is 1. The summed E-state index contributed by atoms with van der Waals surface area (Å²) in [7, 11) is 1.67. The fourth-order valence-electron chi connectivity index (χ4n) is 2.45. The highest BCUT2D eigenvalue weighted by Crippen LogP contribution is 2.25. The highest BCUT2D eigenvalue weighted by molar-refractivity contribution is 5.67. The molecule has 0 spiro atoms. The number of hydrazine groups is 1. The summed E-state index contributed by atoms with van der Waals surface area (Å²) in [6.45, 7) is 5.53. The molecule has 0 saturated carbocycles. The van der Waals surface area contributed by atoms with Gasteiger partial charge in [-0.15, -0.1) is 0 Å². The maximum absolute atomic E-state index is 11.6. The van der Waals surface area contributed by atoms with Crippen molar-refractivity contribution < 1.29 is 14.3 Å². The predicted octanol–water partition coefficient (Wildman–Crippen LogP) is 2.58. The first-order chi connectivity index (χ1) is 9.87. The average Bonchev–Trinajstić information content (AvgIpc) is 2.42. The molecule has 1 unspecified atom stereocenters. The summed E-state index contributed by atoms with van der Waals surface area (Å²) in [6, 6.07) is 6.38. The third kappa shape index (κ3) is 4.63. The molecule has 0 saturated heterocycles. The van der Waals surface area contributed by atoms with E-state index < -0.39 is 11.7 Å². The van der Waals surface area contributed by atoms with E-state index in [0.29, 0.717) is 0 Å². The molecule has 5 heteroatoms. The largest absolute Gasteiger partial charge is 0.497 e. The Bertz CT molecular complexity index is 509. The van der Waals surface area contributed by atoms with Gasteiger partial charge in [-0.25, -0.2) is 10.2 Å². The molecule has 0 bridgehead atoms. The van der Waals surface area contributed by atoms with Gasteiger partial charge in [0.2, 0.25) is 0 Å². The van der Waals surface area contributed by atoms with Crippen molar-refractivity contribution in [3.05, 3.63) is 29.3 Å². The Hall–Kier alpha value is -1.75. The molecule has 0 aromatic heterocycles. The third-order valence-corrected chi connectivity index (χ3v) is 3.42. The van der Waals surface area contributed by atoms with Crippen LogP contribution in [-0.4, -0.2) is 24.8 Å². The summed E-state index contributed by atoms with van der Waals surface area (Å²) in [5.74, 6) is 0.870. The second-order valence-corrected chi connectivity index (χ2v) is 6.35. The summed E-state index contributed by atoms with van der Waals surface area (Å²) < 4.78 is 10.5. The fraction of sp³-hybridized carbons (Fsp3) is 0.562. The number of hydrogen-bond donors (Lipinski definition) is 2. The van der Waals surface area contributed by atoms with E-state index in [1.807, 2.05) is 26.8 Å². The van der Waals surface area contributed by atoms with Crippen molar-refractivity contribution in [3.8, 4) is 5.75 Å². The number of methoxy groups -OCH3 is 1. The molecule has 0 radical (unpaired) electrons. The lowest BCUT2D eigenvalue weighted by Crippen LogP contribution is -2.48. The fourth-order valence-corrected chi connectivity index (χ4v) is 2.45. The van der Waals surface area contributed by atoms with Gasteiger partial charge in [0.15, 0.2) is 0 Å². The molecule has 1 aliphatic rings. The maximum Gasteiger partial charge on any atom is 0.422 e. The average molecular weight is 292 g/mol. The number of carbonyl (C=O) groups is 1. The standard InChI is InChI=1S/C16H24N2O3/c1-16(2,3)21-15(19)18-17-13-7-5-11-6-8-14(20-4)10-12(11)9-13/h6,8,10,13,17H,5,7,9H2,1-4H3,(H,18,19). The van der Waals surface area contributed by atoms with E-state index in [4.69, 9.17) is 9.47 Å². The molecule has 1 aliphatic carbocycles. The van der Waals surface area contributed by atoms with Gasteiger partial charge in [0.05, 0.1) is 7.11 Å². The number of hydrogen-bond acceptors (Lipinski definition) is 4. The van der Waals surface area contributed by atoms with Crippen LogP contribution in [0.2, 0.25) is 0 Å². The zero-order valence-electron chi connectivity index (χ0n) is 13.2. The molecule has 2 rings (SSSR count). The Morgan fingerprint density at radius 1 is 1.29 bits per heavy atom. The van der Waals surface area contributed by atoms with Gasteiger partial charge in [0.1, 0.15) is 11.4 Å². The van der Waals surface area contributed by atoms with Gasteiger partial charge < -0.3 is 9.47 Å². The van der Waals surface area contributed by atoms with E-state index in [-0.39, 0.29) is 6.04 Å². The lowest BCUT2D eigenvalue weighted by atomic mass is 9.88. The van der Waals surface area contributed by atoms with Crippen molar-refractivity contribution in [1.82, 2.24) is 10.9 Å². The van der Waals surface area contributed by atoms with E-state index in [1.165, 1.54) is 11.1 Å². The zero-order chi connectivity index (χ0) is 15.5. The smallest absolute Gasteiger partial charge is 0.422 e. The Morgan fingerprint density at radius 2 is 2.05 bits per heavy atom. The molecule has 116 valence electrons. The Balaban J connectivity index is 1.88. The molecule has 1 aromatic rings. The van der Waals surface area contributed by atoms with E-state index in [9.17, 15) is 4.79 Å². The Morgan fingerprint density at radius 3 is 2.71 bits per heavy atom. The minimum atomic E-state index is -0.488. The van der Waals surface area contributed by atoms with Crippen LogP contribution in [0.3, 0.4) is 0 Å². The number of nitrogens with one attached hydrogen (secondary N) is 2. The third-order valence-electron chi connectivity index (χ3n) is 3.42. The Kier molecular flexibility index (Phi) is 4.73. The predicted molar refractivity (Wildman–Crippen MR) is 81.3 cm³/mol. The van der Waals surface area contributed by atoms with Crippen LogP contribution in [0.4, 0.5) is 4.79 Å². The number of amides is 1. The molecule has 21 heavy (non-hydrogen) atoms. The molecule has 0 heterocycles. The first-order valence-corrected chi connectivity index (χ1v) is 7.28. The molecule has 2 N–H and O–H groups in total. The molecule has 0 fully saturated rings. The Labute approximate surface area is 126 Å². The van der Waals surface area contributed by atoms with Gasteiger partial charge in [-0.1, -0.05) is 6.07 Å². The molecular weight excluding hydrogens is 268 g/mol.